The second kappa shape index (κ2) is 3.98. The average molecular weight is 240 g/mol. The Balaban J connectivity index is 2.33. The van der Waals surface area contributed by atoms with Gasteiger partial charge in [0.2, 0.25) is 0 Å². The van der Waals surface area contributed by atoms with Gasteiger partial charge in [0.25, 0.3) is 0 Å². The number of aliphatic carboxylic acids is 1. The number of carbonyl (C=O) groups is 1. The van der Waals surface area contributed by atoms with Crippen molar-refractivity contribution in [2.75, 3.05) is 11.4 Å². The predicted molar refractivity (Wildman–Crippen MR) is 64.1 cm³/mol. The van der Waals surface area contributed by atoms with Crippen LogP contribution in [0.15, 0.2) is 24.3 Å². The van der Waals surface area contributed by atoms with Gasteiger partial charge in [0.1, 0.15) is 5.54 Å². The van der Waals surface area contributed by atoms with Gasteiger partial charge >= 0.3 is 5.97 Å². The molecular weight excluding hydrogens is 226 g/mol. The zero-order valence-corrected chi connectivity index (χ0v) is 9.87. The molecule has 2 rings (SSSR count). The molecule has 1 N–H and O–H groups in total. The van der Waals surface area contributed by atoms with Crippen LogP contribution in [0.3, 0.4) is 0 Å². The summed E-state index contributed by atoms with van der Waals surface area (Å²) >= 11 is 5.82. The SMILES string of the molecule is CC1(C(=O)O)CCCN1c1ccc(Cl)cc1. The number of hydrogen-bond acceptors (Lipinski definition) is 2. The third-order valence-electron chi connectivity index (χ3n) is 3.24. The Morgan fingerprint density at radius 3 is 2.62 bits per heavy atom. The number of rotatable bonds is 2. The van der Waals surface area contributed by atoms with E-state index in [9.17, 15) is 9.90 Å². The lowest BCUT2D eigenvalue weighted by Crippen LogP contribution is -2.48. The molecule has 1 fully saturated rings. The van der Waals surface area contributed by atoms with Crippen LogP contribution in [0.25, 0.3) is 0 Å². The number of benzene rings is 1. The Morgan fingerprint density at radius 2 is 2.06 bits per heavy atom. The third-order valence-corrected chi connectivity index (χ3v) is 3.49. The molecule has 1 heterocycles. The number of carboxylic acid groups (broad SMARTS) is 1. The summed E-state index contributed by atoms with van der Waals surface area (Å²) in [6.45, 7) is 2.56. The number of hydrogen-bond donors (Lipinski definition) is 1. The van der Waals surface area contributed by atoms with E-state index < -0.39 is 11.5 Å². The Bertz CT molecular complexity index is 404. The third kappa shape index (κ3) is 1.76. The van der Waals surface area contributed by atoms with E-state index in [0.717, 1.165) is 18.7 Å². The van der Waals surface area contributed by atoms with Crippen LogP contribution in [0.2, 0.25) is 5.02 Å². The van der Waals surface area contributed by atoms with Gasteiger partial charge in [-0.15, -0.1) is 0 Å². The van der Waals surface area contributed by atoms with E-state index in [-0.39, 0.29) is 0 Å². The van der Waals surface area contributed by atoms with Gasteiger partial charge in [-0.2, -0.15) is 0 Å². The normalized spacial score (nSPS) is 24.8. The zero-order valence-electron chi connectivity index (χ0n) is 9.11. The highest BCUT2D eigenvalue weighted by Gasteiger charge is 2.43. The number of carboxylic acids is 1. The molecule has 1 aromatic carbocycles. The Hall–Kier alpha value is -1.22. The molecule has 3 nitrogen and oxygen atoms in total. The van der Waals surface area contributed by atoms with Crippen LogP contribution < -0.4 is 4.90 Å². The largest absolute Gasteiger partial charge is 0.480 e. The van der Waals surface area contributed by atoms with Gasteiger partial charge in [0, 0.05) is 17.3 Å². The molecule has 0 radical (unpaired) electrons. The molecule has 1 saturated heterocycles. The van der Waals surface area contributed by atoms with Crippen LogP contribution in [-0.2, 0) is 4.79 Å². The fourth-order valence-electron chi connectivity index (χ4n) is 2.22. The topological polar surface area (TPSA) is 40.5 Å². The molecule has 0 aromatic heterocycles. The van der Waals surface area contributed by atoms with E-state index in [4.69, 9.17) is 11.6 Å². The van der Waals surface area contributed by atoms with E-state index in [1.165, 1.54) is 0 Å². The van der Waals surface area contributed by atoms with Crippen molar-refractivity contribution in [1.82, 2.24) is 0 Å². The highest BCUT2D eigenvalue weighted by Crippen LogP contribution is 2.34. The molecule has 0 saturated carbocycles. The minimum atomic E-state index is -0.784. The first-order chi connectivity index (χ1) is 7.54. The molecule has 0 spiro atoms. The number of halogens is 1. The van der Waals surface area contributed by atoms with Crippen molar-refractivity contribution >= 4 is 23.3 Å². The summed E-state index contributed by atoms with van der Waals surface area (Å²) in [5, 5.41) is 9.96. The van der Waals surface area contributed by atoms with Gasteiger partial charge in [-0.25, -0.2) is 4.79 Å². The van der Waals surface area contributed by atoms with Crippen molar-refractivity contribution in [3.8, 4) is 0 Å². The van der Waals surface area contributed by atoms with E-state index in [1.54, 1.807) is 19.1 Å². The molecule has 1 aliphatic heterocycles. The number of nitrogens with zero attached hydrogens (tertiary/aromatic N) is 1. The van der Waals surface area contributed by atoms with Crippen LogP contribution in [0.1, 0.15) is 19.8 Å². The zero-order chi connectivity index (χ0) is 11.8. The molecule has 1 unspecified atom stereocenters. The van der Waals surface area contributed by atoms with E-state index in [1.807, 2.05) is 17.0 Å². The second-order valence-corrected chi connectivity index (χ2v) is 4.75. The molecular formula is C12H14ClNO2. The Kier molecular flexibility index (Phi) is 2.80. The fraction of sp³-hybridized carbons (Fsp3) is 0.417. The minimum absolute atomic E-state index is 0.667. The maximum absolute atomic E-state index is 11.3. The highest BCUT2D eigenvalue weighted by atomic mass is 35.5. The molecule has 1 aliphatic rings. The lowest BCUT2D eigenvalue weighted by Gasteiger charge is -2.33. The van der Waals surface area contributed by atoms with E-state index in [2.05, 4.69) is 0 Å². The van der Waals surface area contributed by atoms with Crippen LogP contribution in [0.5, 0.6) is 0 Å². The molecule has 1 aromatic rings. The van der Waals surface area contributed by atoms with Gasteiger partial charge < -0.3 is 10.0 Å². The van der Waals surface area contributed by atoms with Crippen molar-refractivity contribution in [1.29, 1.82) is 0 Å². The molecule has 4 heteroatoms. The van der Waals surface area contributed by atoms with Crippen molar-refractivity contribution in [2.45, 2.75) is 25.3 Å². The average Bonchev–Trinajstić information content (AvgIpc) is 2.63. The van der Waals surface area contributed by atoms with Gasteiger partial charge in [-0.1, -0.05) is 11.6 Å². The highest BCUT2D eigenvalue weighted by molar-refractivity contribution is 6.30. The summed E-state index contributed by atoms with van der Waals surface area (Å²) in [5.74, 6) is -0.764. The summed E-state index contributed by atoms with van der Waals surface area (Å²) in [7, 11) is 0. The quantitative estimate of drug-likeness (QED) is 0.863. The standard InChI is InChI=1S/C12H14ClNO2/c1-12(11(15)16)7-2-8-14(12)10-5-3-9(13)4-6-10/h3-6H,2,7-8H2,1H3,(H,15,16). The lowest BCUT2D eigenvalue weighted by atomic mass is 9.99. The maximum atomic E-state index is 11.3. The molecule has 0 bridgehead atoms. The van der Waals surface area contributed by atoms with Crippen LogP contribution >= 0.6 is 11.6 Å². The van der Waals surface area contributed by atoms with Gasteiger partial charge in [0.15, 0.2) is 0 Å². The molecule has 86 valence electrons. The maximum Gasteiger partial charge on any atom is 0.329 e. The van der Waals surface area contributed by atoms with Crippen LogP contribution in [0.4, 0.5) is 5.69 Å². The summed E-state index contributed by atoms with van der Waals surface area (Å²) in [6.07, 6.45) is 1.59. The smallest absolute Gasteiger partial charge is 0.329 e. The number of anilines is 1. The van der Waals surface area contributed by atoms with Crippen molar-refractivity contribution in [3.05, 3.63) is 29.3 Å². The molecule has 0 amide bonds. The second-order valence-electron chi connectivity index (χ2n) is 4.31. The summed E-state index contributed by atoms with van der Waals surface area (Å²) in [6, 6.07) is 7.32. The first kappa shape index (κ1) is 11.3. The first-order valence-corrected chi connectivity index (χ1v) is 5.68. The van der Waals surface area contributed by atoms with Crippen molar-refractivity contribution in [3.63, 3.8) is 0 Å². The van der Waals surface area contributed by atoms with Crippen molar-refractivity contribution < 1.29 is 9.90 Å². The van der Waals surface area contributed by atoms with Gasteiger partial charge in [0.05, 0.1) is 0 Å². The minimum Gasteiger partial charge on any atom is -0.480 e. The Morgan fingerprint density at radius 1 is 1.44 bits per heavy atom. The molecule has 1 atom stereocenters. The van der Waals surface area contributed by atoms with E-state index in [0.29, 0.717) is 11.4 Å². The predicted octanol–water partition coefficient (Wildman–Crippen LogP) is 2.78. The first-order valence-electron chi connectivity index (χ1n) is 5.31. The van der Waals surface area contributed by atoms with Crippen LogP contribution in [0, 0.1) is 0 Å². The van der Waals surface area contributed by atoms with E-state index >= 15 is 0 Å². The summed E-state index contributed by atoms with van der Waals surface area (Å²) in [5.41, 5.74) is 0.139. The molecule has 16 heavy (non-hydrogen) atoms. The fourth-order valence-corrected chi connectivity index (χ4v) is 2.35. The summed E-state index contributed by atoms with van der Waals surface area (Å²) in [4.78, 5) is 13.2. The monoisotopic (exact) mass is 239 g/mol. The molecule has 0 aliphatic carbocycles. The van der Waals surface area contributed by atoms with Crippen molar-refractivity contribution in [2.24, 2.45) is 0 Å². The van der Waals surface area contributed by atoms with Gasteiger partial charge in [-0.05, 0) is 44.0 Å². The Labute approximate surface area is 99.6 Å². The van der Waals surface area contributed by atoms with Gasteiger partial charge in [-0.3, -0.25) is 0 Å². The summed E-state index contributed by atoms with van der Waals surface area (Å²) < 4.78 is 0. The van der Waals surface area contributed by atoms with Crippen LogP contribution in [-0.4, -0.2) is 23.2 Å². The lowest BCUT2D eigenvalue weighted by molar-refractivity contribution is -0.142.